The second-order valence-corrected chi connectivity index (χ2v) is 4.67. The topological polar surface area (TPSA) is 61.4 Å². The molecular formula is C14H21N3O2. The molecular weight excluding hydrogens is 242 g/mol. The monoisotopic (exact) mass is 263 g/mol. The molecule has 1 rings (SSSR count). The van der Waals surface area contributed by atoms with E-state index in [1.165, 1.54) is 6.92 Å². The molecule has 0 heterocycles. The van der Waals surface area contributed by atoms with E-state index >= 15 is 0 Å². The van der Waals surface area contributed by atoms with Crippen molar-refractivity contribution in [1.29, 1.82) is 0 Å². The summed E-state index contributed by atoms with van der Waals surface area (Å²) in [6.07, 6.45) is 0.897. The number of Topliss-reactive ketones (excluding diaryl/α,β-unsaturated/α-hetero) is 1. The second kappa shape index (κ2) is 7.53. The Bertz CT molecular complexity index is 444. The maximum atomic E-state index is 11.6. The summed E-state index contributed by atoms with van der Waals surface area (Å²) in [5, 5.41) is 5.48. The minimum atomic E-state index is -0.251. The Balaban J connectivity index is 2.40. The van der Waals surface area contributed by atoms with Gasteiger partial charge in [0.15, 0.2) is 5.78 Å². The summed E-state index contributed by atoms with van der Waals surface area (Å²) in [7, 11) is 3.99. The van der Waals surface area contributed by atoms with Crippen LogP contribution in [-0.4, -0.2) is 43.9 Å². The highest BCUT2D eigenvalue weighted by Crippen LogP contribution is 2.10. The van der Waals surface area contributed by atoms with E-state index in [0.29, 0.717) is 17.8 Å². The Labute approximate surface area is 114 Å². The number of hydrogen-bond donors (Lipinski definition) is 2. The summed E-state index contributed by atoms with van der Waals surface area (Å²) in [5.41, 5.74) is 1.21. The quantitative estimate of drug-likeness (QED) is 0.609. The van der Waals surface area contributed by atoms with Crippen molar-refractivity contribution in [3.05, 3.63) is 29.8 Å². The van der Waals surface area contributed by atoms with Crippen LogP contribution in [0.1, 0.15) is 23.7 Å². The number of ketones is 1. The van der Waals surface area contributed by atoms with E-state index in [1.807, 2.05) is 14.1 Å². The number of nitrogens with one attached hydrogen (secondary N) is 2. The molecule has 2 amide bonds. The number of hydrogen-bond acceptors (Lipinski definition) is 3. The molecule has 1 aromatic carbocycles. The molecule has 104 valence electrons. The van der Waals surface area contributed by atoms with Crippen molar-refractivity contribution >= 4 is 17.5 Å². The summed E-state index contributed by atoms with van der Waals surface area (Å²) in [4.78, 5) is 24.9. The van der Waals surface area contributed by atoms with Gasteiger partial charge in [-0.2, -0.15) is 0 Å². The molecule has 0 aliphatic carbocycles. The van der Waals surface area contributed by atoms with Crippen LogP contribution in [0.25, 0.3) is 0 Å². The maximum absolute atomic E-state index is 11.6. The molecule has 0 unspecified atom stereocenters. The number of rotatable bonds is 6. The zero-order chi connectivity index (χ0) is 14.3. The summed E-state index contributed by atoms with van der Waals surface area (Å²) in [6.45, 7) is 3.05. The first-order valence-electron chi connectivity index (χ1n) is 6.29. The van der Waals surface area contributed by atoms with Gasteiger partial charge in [0, 0.05) is 17.8 Å². The minimum absolute atomic E-state index is 0.0185. The average Bonchev–Trinajstić information content (AvgIpc) is 2.34. The SMILES string of the molecule is CC(=O)c1cccc(NC(=O)NCCCN(C)C)c1. The van der Waals surface area contributed by atoms with Crippen molar-refractivity contribution in [2.45, 2.75) is 13.3 Å². The van der Waals surface area contributed by atoms with Gasteiger partial charge < -0.3 is 15.5 Å². The number of amides is 2. The fourth-order valence-electron chi connectivity index (χ4n) is 1.59. The maximum Gasteiger partial charge on any atom is 0.319 e. The van der Waals surface area contributed by atoms with Gasteiger partial charge in [0.25, 0.3) is 0 Å². The average molecular weight is 263 g/mol. The van der Waals surface area contributed by atoms with Crippen molar-refractivity contribution in [3.8, 4) is 0 Å². The third kappa shape index (κ3) is 6.01. The van der Waals surface area contributed by atoms with Crippen molar-refractivity contribution in [3.63, 3.8) is 0 Å². The lowest BCUT2D eigenvalue weighted by Crippen LogP contribution is -2.31. The fourth-order valence-corrected chi connectivity index (χ4v) is 1.59. The van der Waals surface area contributed by atoms with E-state index in [9.17, 15) is 9.59 Å². The minimum Gasteiger partial charge on any atom is -0.338 e. The summed E-state index contributed by atoms with van der Waals surface area (Å²) >= 11 is 0. The molecule has 0 radical (unpaired) electrons. The van der Waals surface area contributed by atoms with Crippen LogP contribution in [0.5, 0.6) is 0 Å². The first kappa shape index (κ1) is 15.2. The van der Waals surface area contributed by atoms with Gasteiger partial charge in [-0.3, -0.25) is 4.79 Å². The van der Waals surface area contributed by atoms with E-state index in [0.717, 1.165) is 13.0 Å². The van der Waals surface area contributed by atoms with Gasteiger partial charge in [-0.05, 0) is 46.1 Å². The first-order chi connectivity index (χ1) is 8.99. The Morgan fingerprint density at radius 1 is 1.26 bits per heavy atom. The number of urea groups is 1. The molecule has 0 bridgehead atoms. The van der Waals surface area contributed by atoms with Gasteiger partial charge in [-0.25, -0.2) is 4.79 Å². The van der Waals surface area contributed by atoms with Crippen LogP contribution >= 0.6 is 0 Å². The zero-order valence-electron chi connectivity index (χ0n) is 11.7. The van der Waals surface area contributed by atoms with E-state index in [-0.39, 0.29) is 11.8 Å². The normalized spacial score (nSPS) is 10.3. The third-order valence-electron chi connectivity index (χ3n) is 2.59. The van der Waals surface area contributed by atoms with Crippen molar-refractivity contribution in [1.82, 2.24) is 10.2 Å². The molecule has 0 fully saturated rings. The molecule has 0 atom stereocenters. The summed E-state index contributed by atoms with van der Waals surface area (Å²) < 4.78 is 0. The third-order valence-corrected chi connectivity index (χ3v) is 2.59. The van der Waals surface area contributed by atoms with Gasteiger partial charge >= 0.3 is 6.03 Å². The molecule has 0 spiro atoms. The van der Waals surface area contributed by atoms with Crippen LogP contribution in [0.3, 0.4) is 0 Å². The lowest BCUT2D eigenvalue weighted by Gasteiger charge is -2.11. The highest BCUT2D eigenvalue weighted by atomic mass is 16.2. The van der Waals surface area contributed by atoms with E-state index in [4.69, 9.17) is 0 Å². The van der Waals surface area contributed by atoms with Gasteiger partial charge in [-0.15, -0.1) is 0 Å². The predicted molar refractivity (Wildman–Crippen MR) is 76.6 cm³/mol. The van der Waals surface area contributed by atoms with Crippen LogP contribution < -0.4 is 10.6 Å². The van der Waals surface area contributed by atoms with Crippen LogP contribution in [-0.2, 0) is 0 Å². The fraction of sp³-hybridized carbons (Fsp3) is 0.429. The molecule has 5 heteroatoms. The van der Waals surface area contributed by atoms with Crippen molar-refractivity contribution in [2.24, 2.45) is 0 Å². The van der Waals surface area contributed by atoms with Crippen molar-refractivity contribution in [2.75, 3.05) is 32.5 Å². The van der Waals surface area contributed by atoms with Crippen LogP contribution in [0.15, 0.2) is 24.3 Å². The lowest BCUT2D eigenvalue weighted by atomic mass is 10.1. The van der Waals surface area contributed by atoms with Crippen LogP contribution in [0, 0.1) is 0 Å². The number of carbonyl (C=O) groups is 2. The number of anilines is 1. The first-order valence-corrected chi connectivity index (χ1v) is 6.29. The van der Waals surface area contributed by atoms with E-state index in [1.54, 1.807) is 24.3 Å². The van der Waals surface area contributed by atoms with E-state index in [2.05, 4.69) is 15.5 Å². The van der Waals surface area contributed by atoms with Crippen LogP contribution in [0.2, 0.25) is 0 Å². The van der Waals surface area contributed by atoms with Crippen LogP contribution in [0.4, 0.5) is 10.5 Å². The lowest BCUT2D eigenvalue weighted by molar-refractivity contribution is 0.101. The molecule has 0 saturated carbocycles. The molecule has 2 N–H and O–H groups in total. The molecule has 1 aromatic rings. The highest BCUT2D eigenvalue weighted by molar-refractivity contribution is 5.96. The van der Waals surface area contributed by atoms with Gasteiger partial charge in [0.2, 0.25) is 0 Å². The van der Waals surface area contributed by atoms with E-state index < -0.39 is 0 Å². The molecule has 0 aliphatic heterocycles. The largest absolute Gasteiger partial charge is 0.338 e. The molecule has 0 saturated heterocycles. The summed E-state index contributed by atoms with van der Waals surface area (Å²) in [5.74, 6) is -0.0185. The number of benzene rings is 1. The van der Waals surface area contributed by atoms with Gasteiger partial charge in [0.1, 0.15) is 0 Å². The Kier molecular flexibility index (Phi) is 6.02. The predicted octanol–water partition coefficient (Wildman–Crippen LogP) is 1.96. The molecule has 19 heavy (non-hydrogen) atoms. The van der Waals surface area contributed by atoms with Crippen molar-refractivity contribution < 1.29 is 9.59 Å². The van der Waals surface area contributed by atoms with Gasteiger partial charge in [0.05, 0.1) is 0 Å². The number of nitrogens with zero attached hydrogens (tertiary/aromatic N) is 1. The van der Waals surface area contributed by atoms with Gasteiger partial charge in [-0.1, -0.05) is 12.1 Å². The second-order valence-electron chi connectivity index (χ2n) is 4.67. The number of carbonyl (C=O) groups excluding carboxylic acids is 2. The standard InChI is InChI=1S/C14H21N3O2/c1-11(18)12-6-4-7-13(10-12)16-14(19)15-8-5-9-17(2)3/h4,6-7,10H,5,8-9H2,1-3H3,(H2,15,16,19). The molecule has 0 aliphatic rings. The smallest absolute Gasteiger partial charge is 0.319 e. The zero-order valence-corrected chi connectivity index (χ0v) is 11.7. The molecule has 5 nitrogen and oxygen atoms in total. The molecule has 0 aromatic heterocycles. The highest BCUT2D eigenvalue weighted by Gasteiger charge is 2.04. The Morgan fingerprint density at radius 2 is 2.00 bits per heavy atom. The Hall–Kier alpha value is -1.88. The Morgan fingerprint density at radius 3 is 2.63 bits per heavy atom. The summed E-state index contributed by atoms with van der Waals surface area (Å²) in [6, 6.07) is 6.65.